The molecule has 6 nitrogen and oxygen atoms in total. The summed E-state index contributed by atoms with van der Waals surface area (Å²) in [6.45, 7) is 8.69. The Morgan fingerprint density at radius 3 is 2.31 bits per heavy atom. The van der Waals surface area contributed by atoms with Gasteiger partial charge in [-0.1, -0.05) is 56.4 Å². The Balaban J connectivity index is 1.40. The molecule has 0 atom stereocenters. The Morgan fingerprint density at radius 1 is 1.00 bits per heavy atom. The quantitative estimate of drug-likeness (QED) is 0.490. The van der Waals surface area contributed by atoms with Crippen molar-refractivity contribution in [2.24, 2.45) is 0 Å². The number of pyridine rings is 1. The van der Waals surface area contributed by atoms with Gasteiger partial charge in [-0.05, 0) is 23.1 Å². The highest BCUT2D eigenvalue weighted by atomic mass is 32.1. The van der Waals surface area contributed by atoms with E-state index in [1.807, 2.05) is 24.3 Å². The van der Waals surface area contributed by atoms with Crippen molar-refractivity contribution < 1.29 is 9.59 Å². The summed E-state index contributed by atoms with van der Waals surface area (Å²) >= 11 is 1.55. The molecule has 3 heterocycles. The number of nitrogens with zero attached hydrogens (tertiary/aromatic N) is 4. The molecular formula is C22H24N4O2S. The lowest BCUT2D eigenvalue weighted by Crippen LogP contribution is -2.50. The third-order valence-electron chi connectivity index (χ3n) is 5.20. The van der Waals surface area contributed by atoms with Crippen molar-refractivity contribution in [1.82, 2.24) is 14.9 Å². The zero-order valence-electron chi connectivity index (χ0n) is 16.9. The van der Waals surface area contributed by atoms with Crippen LogP contribution in [-0.2, 0) is 10.2 Å². The summed E-state index contributed by atoms with van der Waals surface area (Å²) in [7, 11) is 0. The topological polar surface area (TPSA) is 66.4 Å². The minimum Gasteiger partial charge on any atom is -0.344 e. The first-order valence-electron chi connectivity index (χ1n) is 9.73. The van der Waals surface area contributed by atoms with E-state index in [9.17, 15) is 9.59 Å². The van der Waals surface area contributed by atoms with Crippen molar-refractivity contribution in [3.63, 3.8) is 0 Å². The molecule has 150 valence electrons. The number of rotatable bonds is 3. The standard InChI is InChI=1S/C22H24N4O2S/c1-22(2,3)16-8-6-15(7-9-16)18(27)20(28)25-11-13-26(14-12-25)21-24-17-5-4-10-23-19(17)29-21/h4-10H,11-14H2,1-3H3. The smallest absolute Gasteiger partial charge is 0.295 e. The summed E-state index contributed by atoms with van der Waals surface area (Å²) in [5.41, 5.74) is 2.49. The molecule has 1 amide bonds. The highest BCUT2D eigenvalue weighted by Crippen LogP contribution is 2.28. The fourth-order valence-electron chi connectivity index (χ4n) is 3.38. The molecule has 7 heteroatoms. The van der Waals surface area contributed by atoms with Gasteiger partial charge in [0.25, 0.3) is 5.91 Å². The van der Waals surface area contributed by atoms with Crippen molar-refractivity contribution in [2.45, 2.75) is 26.2 Å². The van der Waals surface area contributed by atoms with Crippen LogP contribution in [0.25, 0.3) is 10.3 Å². The summed E-state index contributed by atoms with van der Waals surface area (Å²) in [5.74, 6) is -0.873. The molecule has 3 aromatic rings. The van der Waals surface area contributed by atoms with E-state index in [-0.39, 0.29) is 5.41 Å². The summed E-state index contributed by atoms with van der Waals surface area (Å²) in [6, 6.07) is 11.2. The minimum atomic E-state index is -0.442. The molecule has 0 radical (unpaired) electrons. The molecule has 1 aliphatic heterocycles. The molecule has 0 spiro atoms. The van der Waals surface area contributed by atoms with Crippen LogP contribution >= 0.6 is 11.3 Å². The van der Waals surface area contributed by atoms with Gasteiger partial charge in [-0.25, -0.2) is 9.97 Å². The number of amides is 1. The lowest BCUT2D eigenvalue weighted by molar-refractivity contribution is -0.126. The summed E-state index contributed by atoms with van der Waals surface area (Å²) < 4.78 is 0. The number of aromatic nitrogens is 2. The largest absolute Gasteiger partial charge is 0.344 e. The maximum atomic E-state index is 12.7. The Morgan fingerprint density at radius 2 is 1.69 bits per heavy atom. The van der Waals surface area contributed by atoms with Gasteiger partial charge in [-0.15, -0.1) is 0 Å². The number of Topliss-reactive ketones (excluding diaryl/α,β-unsaturated/α-hetero) is 1. The second-order valence-electron chi connectivity index (χ2n) is 8.26. The first-order chi connectivity index (χ1) is 13.8. The Labute approximate surface area is 174 Å². The van der Waals surface area contributed by atoms with Crippen molar-refractivity contribution in [1.29, 1.82) is 0 Å². The SMILES string of the molecule is CC(C)(C)c1ccc(C(=O)C(=O)N2CCN(c3nc4cccnc4s3)CC2)cc1. The Bertz CT molecular complexity index is 1010. The van der Waals surface area contributed by atoms with Crippen molar-refractivity contribution in [2.75, 3.05) is 31.1 Å². The third-order valence-corrected chi connectivity index (χ3v) is 6.24. The number of thiazole rings is 1. The van der Waals surface area contributed by atoms with Gasteiger partial charge in [0.2, 0.25) is 5.78 Å². The van der Waals surface area contributed by atoms with E-state index >= 15 is 0 Å². The fraction of sp³-hybridized carbons (Fsp3) is 0.364. The number of piperazine rings is 1. The van der Waals surface area contributed by atoms with Gasteiger partial charge < -0.3 is 9.80 Å². The molecule has 1 fully saturated rings. The predicted octanol–water partition coefficient (Wildman–Crippen LogP) is 3.52. The number of hydrogen-bond donors (Lipinski definition) is 0. The van der Waals surface area contributed by atoms with Crippen LogP contribution < -0.4 is 4.90 Å². The highest BCUT2D eigenvalue weighted by Gasteiger charge is 2.28. The molecule has 0 N–H and O–H groups in total. The van der Waals surface area contributed by atoms with Gasteiger partial charge in [0.1, 0.15) is 10.3 Å². The first kappa shape index (κ1) is 19.5. The zero-order valence-corrected chi connectivity index (χ0v) is 17.7. The molecule has 1 aliphatic rings. The van der Waals surface area contributed by atoms with Crippen LogP contribution in [0, 0.1) is 0 Å². The Hall–Kier alpha value is -2.80. The normalized spacial score (nSPS) is 15.0. The molecule has 0 bridgehead atoms. The maximum absolute atomic E-state index is 12.7. The van der Waals surface area contributed by atoms with Crippen LogP contribution in [-0.4, -0.2) is 52.7 Å². The van der Waals surface area contributed by atoms with Gasteiger partial charge >= 0.3 is 0 Å². The van der Waals surface area contributed by atoms with E-state index in [4.69, 9.17) is 0 Å². The van der Waals surface area contributed by atoms with Crippen LogP contribution in [0.3, 0.4) is 0 Å². The van der Waals surface area contributed by atoms with Crippen LogP contribution in [0.15, 0.2) is 42.6 Å². The lowest BCUT2D eigenvalue weighted by Gasteiger charge is -2.34. The number of anilines is 1. The maximum Gasteiger partial charge on any atom is 0.295 e. The zero-order chi connectivity index (χ0) is 20.6. The van der Waals surface area contributed by atoms with Crippen LogP contribution in [0.1, 0.15) is 36.7 Å². The lowest BCUT2D eigenvalue weighted by atomic mass is 9.86. The van der Waals surface area contributed by atoms with Gasteiger partial charge in [0.05, 0.1) is 0 Å². The van der Waals surface area contributed by atoms with E-state index in [1.165, 1.54) is 0 Å². The molecule has 0 unspecified atom stereocenters. The van der Waals surface area contributed by atoms with Crippen molar-refractivity contribution in [3.8, 4) is 0 Å². The number of carbonyl (C=O) groups is 2. The summed E-state index contributed by atoms with van der Waals surface area (Å²) in [4.78, 5) is 39.0. The fourth-order valence-corrected chi connectivity index (χ4v) is 4.34. The van der Waals surface area contributed by atoms with Gasteiger partial charge in [0, 0.05) is 37.9 Å². The predicted molar refractivity (Wildman–Crippen MR) is 116 cm³/mol. The average Bonchev–Trinajstić information content (AvgIpc) is 3.16. The van der Waals surface area contributed by atoms with E-state index in [2.05, 4.69) is 35.6 Å². The molecule has 1 saturated heterocycles. The molecule has 0 aliphatic carbocycles. The van der Waals surface area contributed by atoms with Crippen LogP contribution in [0.2, 0.25) is 0 Å². The minimum absolute atomic E-state index is 0.0120. The molecule has 1 aromatic carbocycles. The molecule has 29 heavy (non-hydrogen) atoms. The van der Waals surface area contributed by atoms with Crippen molar-refractivity contribution >= 4 is 38.5 Å². The molecular weight excluding hydrogens is 384 g/mol. The van der Waals surface area contributed by atoms with E-state index in [0.717, 1.165) is 21.0 Å². The van der Waals surface area contributed by atoms with Gasteiger partial charge in [-0.3, -0.25) is 9.59 Å². The monoisotopic (exact) mass is 408 g/mol. The second kappa shape index (κ2) is 7.55. The number of carbonyl (C=O) groups excluding carboxylic acids is 2. The Kier molecular flexibility index (Phi) is 5.08. The van der Waals surface area contributed by atoms with E-state index in [1.54, 1.807) is 34.6 Å². The first-order valence-corrected chi connectivity index (χ1v) is 10.6. The summed E-state index contributed by atoms with van der Waals surface area (Å²) in [5, 5.41) is 0.912. The molecule has 2 aromatic heterocycles. The van der Waals surface area contributed by atoms with Crippen LogP contribution in [0.5, 0.6) is 0 Å². The van der Waals surface area contributed by atoms with Crippen LogP contribution in [0.4, 0.5) is 5.13 Å². The second-order valence-corrected chi connectivity index (χ2v) is 9.22. The van der Waals surface area contributed by atoms with E-state index in [0.29, 0.717) is 31.7 Å². The molecule has 0 saturated carbocycles. The van der Waals surface area contributed by atoms with E-state index < -0.39 is 11.7 Å². The number of hydrogen-bond acceptors (Lipinski definition) is 6. The number of ketones is 1. The third kappa shape index (κ3) is 4.00. The number of benzene rings is 1. The van der Waals surface area contributed by atoms with Crippen molar-refractivity contribution in [3.05, 3.63) is 53.7 Å². The number of fused-ring (bicyclic) bond motifs is 1. The van der Waals surface area contributed by atoms with Gasteiger partial charge in [-0.2, -0.15) is 0 Å². The summed E-state index contributed by atoms with van der Waals surface area (Å²) in [6.07, 6.45) is 1.76. The van der Waals surface area contributed by atoms with Gasteiger partial charge in [0.15, 0.2) is 5.13 Å². The average molecular weight is 409 g/mol. The highest BCUT2D eigenvalue weighted by molar-refractivity contribution is 7.21. The molecule has 4 rings (SSSR count).